The average Bonchev–Trinajstić information content (AvgIpc) is 2.98. The van der Waals surface area contributed by atoms with Gasteiger partial charge in [0.1, 0.15) is 35.3 Å². The van der Waals surface area contributed by atoms with Gasteiger partial charge in [-0.05, 0) is 37.5 Å². The summed E-state index contributed by atoms with van der Waals surface area (Å²) in [4.78, 5) is 24.0. The van der Waals surface area contributed by atoms with Gasteiger partial charge in [-0.1, -0.05) is 6.07 Å². The van der Waals surface area contributed by atoms with Crippen molar-refractivity contribution in [3.63, 3.8) is 0 Å². The highest BCUT2D eigenvalue weighted by atomic mass is 32.2. The van der Waals surface area contributed by atoms with Crippen molar-refractivity contribution in [2.45, 2.75) is 48.1 Å². The molecule has 0 aliphatic carbocycles. The maximum atomic E-state index is 14.9. The summed E-state index contributed by atoms with van der Waals surface area (Å²) in [6.45, 7) is 0.216. The van der Waals surface area contributed by atoms with Crippen LogP contribution in [-0.4, -0.2) is 46.7 Å². The van der Waals surface area contributed by atoms with Crippen LogP contribution in [0.2, 0.25) is 0 Å². The van der Waals surface area contributed by atoms with Crippen LogP contribution in [0.1, 0.15) is 53.5 Å². The van der Waals surface area contributed by atoms with Crippen molar-refractivity contribution >= 4 is 21.5 Å². The van der Waals surface area contributed by atoms with Crippen LogP contribution >= 0.6 is 0 Å². The third-order valence-electron chi connectivity index (χ3n) is 6.51. The molecule has 1 fully saturated rings. The predicted octanol–water partition coefficient (Wildman–Crippen LogP) is 2.85. The van der Waals surface area contributed by atoms with Gasteiger partial charge in [0.25, 0.3) is 6.43 Å². The number of hydrogen-bond donors (Lipinski definition) is 1. The van der Waals surface area contributed by atoms with E-state index >= 15 is 0 Å². The molecule has 0 amide bonds. The van der Waals surface area contributed by atoms with Gasteiger partial charge in [0.2, 0.25) is 0 Å². The van der Waals surface area contributed by atoms with Crippen molar-refractivity contribution in [1.29, 1.82) is 0 Å². The van der Waals surface area contributed by atoms with Gasteiger partial charge in [-0.25, -0.2) is 31.0 Å². The van der Waals surface area contributed by atoms with Crippen LogP contribution in [-0.2, 0) is 21.8 Å². The van der Waals surface area contributed by atoms with Gasteiger partial charge in [-0.2, -0.15) is 0 Å². The standard InChI is InChI=1S/C21H20F4N4O3S/c1-20(17-4-5-21(10-22,19(26)29-20)33(17,31)32)12-6-11(2-3-13(12)23)7-16(30)14-8-28-15(9-27-14)18(24)25/h2-3,6,8-9,17-18H,4-5,7,10H2,1H3,(H2,26,29)/t17-,20+,21-/m0/s1. The number of rotatable bonds is 6. The van der Waals surface area contributed by atoms with Gasteiger partial charge in [-0.15, -0.1) is 0 Å². The largest absolute Gasteiger partial charge is 0.386 e. The normalized spacial score (nSPS) is 28.1. The van der Waals surface area contributed by atoms with E-state index in [9.17, 15) is 30.8 Å². The summed E-state index contributed by atoms with van der Waals surface area (Å²) >= 11 is 0. The summed E-state index contributed by atoms with van der Waals surface area (Å²) in [5.41, 5.74) is 3.82. The zero-order chi connectivity index (χ0) is 24.2. The minimum Gasteiger partial charge on any atom is -0.386 e. The number of benzene rings is 1. The first-order chi connectivity index (χ1) is 15.5. The number of nitrogens with zero attached hydrogens (tertiary/aromatic N) is 3. The number of aliphatic imine (C=N–C) groups is 1. The Morgan fingerprint density at radius 3 is 2.61 bits per heavy atom. The number of Topliss-reactive ketones (excluding diaryl/α,β-unsaturated/α-hetero) is 1. The predicted molar refractivity (Wildman–Crippen MR) is 111 cm³/mol. The highest BCUT2D eigenvalue weighted by molar-refractivity contribution is 7.94. The minimum absolute atomic E-state index is 0.0471. The van der Waals surface area contributed by atoms with E-state index in [1.54, 1.807) is 0 Å². The third-order valence-corrected chi connectivity index (χ3v) is 9.57. The summed E-state index contributed by atoms with van der Waals surface area (Å²) in [6.07, 6.45) is -1.35. The molecule has 1 aromatic heterocycles. The highest BCUT2D eigenvalue weighted by Crippen LogP contribution is 2.51. The maximum Gasteiger partial charge on any atom is 0.281 e. The summed E-state index contributed by atoms with van der Waals surface area (Å²) in [5.74, 6) is -1.69. The van der Waals surface area contributed by atoms with Crippen molar-refractivity contribution in [3.05, 3.63) is 58.9 Å². The number of carbonyl (C=O) groups is 1. The minimum atomic E-state index is -4.10. The summed E-state index contributed by atoms with van der Waals surface area (Å²) in [6, 6.07) is 3.74. The Labute approximate surface area is 187 Å². The molecule has 33 heavy (non-hydrogen) atoms. The van der Waals surface area contributed by atoms with Crippen molar-refractivity contribution in [3.8, 4) is 0 Å². The molecule has 2 aromatic rings. The third kappa shape index (κ3) is 3.42. The molecule has 1 saturated heterocycles. The number of carbonyl (C=O) groups excluding carboxylic acids is 1. The Morgan fingerprint density at radius 1 is 1.27 bits per heavy atom. The number of amidine groups is 1. The fourth-order valence-electron chi connectivity index (χ4n) is 4.60. The second-order valence-electron chi connectivity index (χ2n) is 8.39. The lowest BCUT2D eigenvalue weighted by Crippen LogP contribution is -2.58. The Morgan fingerprint density at radius 2 is 2.00 bits per heavy atom. The molecule has 1 aromatic carbocycles. The molecule has 12 heteroatoms. The number of hydrogen-bond acceptors (Lipinski definition) is 7. The lowest BCUT2D eigenvalue weighted by molar-refractivity contribution is 0.0986. The van der Waals surface area contributed by atoms with Crippen molar-refractivity contribution in [1.82, 2.24) is 9.97 Å². The van der Waals surface area contributed by atoms with Crippen LogP contribution in [0.25, 0.3) is 0 Å². The number of alkyl halides is 3. The fraction of sp³-hybridized carbons (Fsp3) is 0.429. The van der Waals surface area contributed by atoms with Gasteiger partial charge in [0.15, 0.2) is 20.4 Å². The first-order valence-electron chi connectivity index (χ1n) is 10.0. The van der Waals surface area contributed by atoms with E-state index in [2.05, 4.69) is 15.0 Å². The van der Waals surface area contributed by atoms with Gasteiger partial charge >= 0.3 is 0 Å². The molecule has 0 unspecified atom stereocenters. The first-order valence-corrected chi connectivity index (χ1v) is 11.6. The van der Waals surface area contributed by atoms with E-state index < -0.39 is 61.6 Å². The Kier molecular flexibility index (Phi) is 5.54. The molecule has 2 aliphatic heterocycles. The Bertz CT molecular complexity index is 1250. The molecular weight excluding hydrogens is 464 g/mol. The summed E-state index contributed by atoms with van der Waals surface area (Å²) < 4.78 is 78.3. The summed E-state index contributed by atoms with van der Waals surface area (Å²) in [5, 5.41) is -1.18. The molecule has 2 N–H and O–H groups in total. The molecule has 2 bridgehead atoms. The first kappa shape index (κ1) is 23.3. The number of aromatic nitrogens is 2. The van der Waals surface area contributed by atoms with E-state index in [0.29, 0.717) is 5.56 Å². The fourth-order valence-corrected chi connectivity index (χ4v) is 7.25. The Balaban J connectivity index is 1.70. The van der Waals surface area contributed by atoms with E-state index in [1.807, 2.05) is 0 Å². The highest BCUT2D eigenvalue weighted by Gasteiger charge is 2.65. The number of nitrogens with two attached hydrogens (primary N) is 1. The van der Waals surface area contributed by atoms with E-state index in [0.717, 1.165) is 18.5 Å². The Hall–Kier alpha value is -2.89. The van der Waals surface area contributed by atoms with Crippen LogP contribution < -0.4 is 5.73 Å². The van der Waals surface area contributed by atoms with E-state index in [1.165, 1.54) is 19.1 Å². The number of halogens is 4. The lowest BCUT2D eigenvalue weighted by Gasteiger charge is -2.39. The molecule has 0 radical (unpaired) electrons. The van der Waals surface area contributed by atoms with Gasteiger partial charge in [-0.3, -0.25) is 14.8 Å². The van der Waals surface area contributed by atoms with Crippen LogP contribution in [0.5, 0.6) is 0 Å². The molecule has 3 atom stereocenters. The molecule has 0 saturated carbocycles. The summed E-state index contributed by atoms with van der Waals surface area (Å²) in [7, 11) is -4.10. The molecule has 3 heterocycles. The molecule has 176 valence electrons. The van der Waals surface area contributed by atoms with Crippen LogP contribution in [0.3, 0.4) is 0 Å². The smallest absolute Gasteiger partial charge is 0.281 e. The van der Waals surface area contributed by atoms with Gasteiger partial charge in [0.05, 0.1) is 17.6 Å². The lowest BCUT2D eigenvalue weighted by atomic mass is 9.85. The van der Waals surface area contributed by atoms with Crippen LogP contribution in [0, 0.1) is 5.82 Å². The maximum absolute atomic E-state index is 14.9. The molecule has 7 nitrogen and oxygen atoms in total. The van der Waals surface area contributed by atoms with Crippen LogP contribution in [0.15, 0.2) is 35.6 Å². The molecule has 2 aliphatic rings. The van der Waals surface area contributed by atoms with Crippen molar-refractivity contribution < 1.29 is 30.8 Å². The quantitative estimate of drug-likeness (QED) is 0.498. The zero-order valence-corrected chi connectivity index (χ0v) is 18.3. The number of ketones is 1. The van der Waals surface area contributed by atoms with E-state index in [4.69, 9.17) is 5.73 Å². The SMILES string of the molecule is C[C@]1(c2cc(CC(=O)c3cnc(C(F)F)cn3)ccc2F)N=C(N)[C@@]2(CF)CC[C@@H]1S2(=O)=O. The topological polar surface area (TPSA) is 115 Å². The molecule has 4 rings (SSSR count). The van der Waals surface area contributed by atoms with Crippen molar-refractivity contribution in [2.75, 3.05) is 6.67 Å². The van der Waals surface area contributed by atoms with Gasteiger partial charge < -0.3 is 5.73 Å². The zero-order valence-electron chi connectivity index (χ0n) is 17.4. The van der Waals surface area contributed by atoms with Gasteiger partial charge in [0, 0.05) is 12.0 Å². The van der Waals surface area contributed by atoms with Crippen molar-refractivity contribution in [2.24, 2.45) is 10.7 Å². The number of fused-ring (bicyclic) bond motifs is 2. The van der Waals surface area contributed by atoms with Crippen LogP contribution in [0.4, 0.5) is 17.6 Å². The average molecular weight is 484 g/mol. The molecule has 0 spiro atoms. The monoisotopic (exact) mass is 484 g/mol. The number of sulfone groups is 1. The second kappa shape index (κ2) is 7.86. The molecular formula is C21H20F4N4O3S. The van der Waals surface area contributed by atoms with E-state index in [-0.39, 0.29) is 30.5 Å². The second-order valence-corrected chi connectivity index (χ2v) is 10.8.